The monoisotopic (exact) mass is 356 g/mol. The lowest BCUT2D eigenvalue weighted by Crippen LogP contribution is -2.57. The molecule has 1 aliphatic carbocycles. The topological polar surface area (TPSA) is 49.4 Å². The average Bonchev–Trinajstić information content (AvgIpc) is 2.93. The predicted octanol–water partition coefficient (Wildman–Crippen LogP) is 4.36. The maximum absolute atomic E-state index is 13.2. The third-order valence-corrected chi connectivity index (χ3v) is 6.22. The summed E-state index contributed by atoms with van der Waals surface area (Å²) in [6.07, 6.45) is 9.38. The van der Waals surface area contributed by atoms with E-state index in [9.17, 15) is 9.59 Å². The number of hydrogen-bond acceptors (Lipinski definition) is 2. The Morgan fingerprint density at radius 1 is 1.12 bits per heavy atom. The first-order chi connectivity index (χ1) is 12.5. The first-order valence-corrected chi connectivity index (χ1v) is 10.2. The molecule has 4 heteroatoms. The van der Waals surface area contributed by atoms with Crippen LogP contribution in [0.1, 0.15) is 83.2 Å². The molecule has 3 rings (SSSR count). The maximum Gasteiger partial charge on any atom is 0.245 e. The lowest BCUT2D eigenvalue weighted by molar-refractivity contribution is -0.143. The molecule has 2 aliphatic rings. The number of likely N-dealkylation sites (tertiary alicyclic amines) is 1. The van der Waals surface area contributed by atoms with Gasteiger partial charge in [0.2, 0.25) is 11.8 Å². The predicted molar refractivity (Wildman–Crippen MR) is 104 cm³/mol. The Kier molecular flexibility index (Phi) is 6.00. The Morgan fingerprint density at radius 3 is 2.38 bits per heavy atom. The molecule has 1 aromatic rings. The van der Waals surface area contributed by atoms with Crippen molar-refractivity contribution < 1.29 is 9.59 Å². The Bertz CT molecular complexity index is 622. The van der Waals surface area contributed by atoms with Crippen LogP contribution >= 0.6 is 0 Å². The molecule has 2 atom stereocenters. The maximum atomic E-state index is 13.2. The Balaban J connectivity index is 1.75. The van der Waals surface area contributed by atoms with Gasteiger partial charge in [-0.25, -0.2) is 0 Å². The second-order valence-electron chi connectivity index (χ2n) is 8.14. The minimum Gasteiger partial charge on any atom is -0.351 e. The third-order valence-electron chi connectivity index (χ3n) is 6.22. The zero-order chi connectivity index (χ0) is 18.6. The van der Waals surface area contributed by atoms with E-state index < -0.39 is 5.54 Å². The summed E-state index contributed by atoms with van der Waals surface area (Å²) in [4.78, 5) is 27.7. The van der Waals surface area contributed by atoms with Gasteiger partial charge in [-0.2, -0.15) is 0 Å². The number of nitrogens with one attached hydrogen (secondary N) is 1. The summed E-state index contributed by atoms with van der Waals surface area (Å²) in [5, 5.41) is 3.29. The minimum atomic E-state index is -0.755. The van der Waals surface area contributed by atoms with Gasteiger partial charge in [0.15, 0.2) is 0 Å². The Hall–Kier alpha value is -1.84. The van der Waals surface area contributed by atoms with Crippen LogP contribution in [0.3, 0.4) is 0 Å². The molecule has 4 nitrogen and oxygen atoms in total. The summed E-state index contributed by atoms with van der Waals surface area (Å²) < 4.78 is 0. The molecular formula is C22H32N2O2. The summed E-state index contributed by atoms with van der Waals surface area (Å²) in [5.74, 6) is 0.105. The van der Waals surface area contributed by atoms with Crippen LogP contribution in [-0.2, 0) is 9.59 Å². The number of hydrogen-bond donors (Lipinski definition) is 1. The van der Waals surface area contributed by atoms with Crippen molar-refractivity contribution in [2.24, 2.45) is 0 Å². The molecule has 1 saturated carbocycles. The van der Waals surface area contributed by atoms with Gasteiger partial charge in [-0.05, 0) is 38.7 Å². The van der Waals surface area contributed by atoms with Gasteiger partial charge in [-0.3, -0.25) is 9.59 Å². The summed E-state index contributed by atoms with van der Waals surface area (Å²) >= 11 is 0. The molecule has 0 spiro atoms. The molecule has 0 radical (unpaired) electrons. The number of carbonyl (C=O) groups is 2. The van der Waals surface area contributed by atoms with Crippen LogP contribution in [0.5, 0.6) is 0 Å². The quantitative estimate of drug-likeness (QED) is 0.871. The van der Waals surface area contributed by atoms with Crippen molar-refractivity contribution in [2.75, 3.05) is 0 Å². The summed E-state index contributed by atoms with van der Waals surface area (Å²) in [7, 11) is 0. The Morgan fingerprint density at radius 2 is 1.73 bits per heavy atom. The van der Waals surface area contributed by atoms with Crippen molar-refractivity contribution >= 4 is 11.8 Å². The SMILES string of the molecule is C[C@H](c1ccccc1)N1C(=O)CC[C@]1(C)C(=O)NC1CCCCCCC1. The molecule has 142 valence electrons. The standard InChI is InChI=1S/C22H32N2O2/c1-17(18-11-7-6-8-12-18)24-20(25)15-16-22(24,2)21(26)23-19-13-9-4-3-5-10-14-19/h6-8,11-12,17,19H,3-5,9-10,13-16H2,1-2H3,(H,23,26)/t17-,22-/m1/s1. The van der Waals surface area contributed by atoms with Gasteiger partial charge in [0.25, 0.3) is 0 Å². The van der Waals surface area contributed by atoms with Crippen molar-refractivity contribution in [1.82, 2.24) is 10.2 Å². The number of rotatable bonds is 4. The Labute approximate surface area is 157 Å². The second-order valence-corrected chi connectivity index (χ2v) is 8.14. The minimum absolute atomic E-state index is 0.0247. The molecule has 1 saturated heterocycles. The van der Waals surface area contributed by atoms with E-state index in [4.69, 9.17) is 0 Å². The number of amides is 2. The lowest BCUT2D eigenvalue weighted by Gasteiger charge is -2.39. The van der Waals surface area contributed by atoms with E-state index in [1.807, 2.05) is 49.1 Å². The lowest BCUT2D eigenvalue weighted by atomic mass is 9.92. The van der Waals surface area contributed by atoms with Crippen molar-refractivity contribution in [3.63, 3.8) is 0 Å². The molecule has 2 fully saturated rings. The molecule has 0 unspecified atom stereocenters. The van der Waals surface area contributed by atoms with Crippen LogP contribution in [0, 0.1) is 0 Å². The number of benzene rings is 1. The zero-order valence-electron chi connectivity index (χ0n) is 16.2. The van der Waals surface area contributed by atoms with Crippen molar-refractivity contribution in [3.05, 3.63) is 35.9 Å². The summed E-state index contributed by atoms with van der Waals surface area (Å²) in [6, 6.07) is 10.2. The fraction of sp³-hybridized carbons (Fsp3) is 0.636. The molecule has 1 aliphatic heterocycles. The van der Waals surface area contributed by atoms with E-state index in [-0.39, 0.29) is 23.9 Å². The van der Waals surface area contributed by atoms with E-state index in [0.717, 1.165) is 18.4 Å². The van der Waals surface area contributed by atoms with Gasteiger partial charge in [-0.15, -0.1) is 0 Å². The number of carbonyl (C=O) groups excluding carboxylic acids is 2. The fourth-order valence-corrected chi connectivity index (χ4v) is 4.55. The molecule has 26 heavy (non-hydrogen) atoms. The molecule has 1 heterocycles. The highest BCUT2D eigenvalue weighted by molar-refractivity contribution is 5.94. The largest absolute Gasteiger partial charge is 0.351 e. The van der Waals surface area contributed by atoms with E-state index in [1.54, 1.807) is 0 Å². The van der Waals surface area contributed by atoms with Crippen LogP contribution in [0.4, 0.5) is 0 Å². The first-order valence-electron chi connectivity index (χ1n) is 10.2. The normalized spacial score (nSPS) is 26.2. The van der Waals surface area contributed by atoms with E-state index in [2.05, 4.69) is 5.32 Å². The fourth-order valence-electron chi connectivity index (χ4n) is 4.55. The van der Waals surface area contributed by atoms with Crippen LogP contribution in [0.2, 0.25) is 0 Å². The molecule has 1 aromatic carbocycles. The molecule has 0 aromatic heterocycles. The number of nitrogens with zero attached hydrogens (tertiary/aromatic N) is 1. The summed E-state index contributed by atoms with van der Waals surface area (Å²) in [5.41, 5.74) is 0.321. The van der Waals surface area contributed by atoms with Crippen LogP contribution in [-0.4, -0.2) is 28.3 Å². The highest BCUT2D eigenvalue weighted by Crippen LogP contribution is 2.38. The van der Waals surface area contributed by atoms with Gasteiger partial charge in [-0.1, -0.05) is 62.4 Å². The highest BCUT2D eigenvalue weighted by Gasteiger charge is 2.49. The zero-order valence-corrected chi connectivity index (χ0v) is 16.2. The van der Waals surface area contributed by atoms with Gasteiger partial charge in [0.1, 0.15) is 5.54 Å². The summed E-state index contributed by atoms with van der Waals surface area (Å²) in [6.45, 7) is 3.97. The van der Waals surface area contributed by atoms with Crippen LogP contribution in [0.25, 0.3) is 0 Å². The van der Waals surface area contributed by atoms with Crippen molar-refractivity contribution in [3.8, 4) is 0 Å². The molecule has 2 amide bonds. The van der Waals surface area contributed by atoms with Crippen molar-refractivity contribution in [2.45, 2.75) is 89.3 Å². The molecular weight excluding hydrogens is 324 g/mol. The van der Waals surface area contributed by atoms with Crippen LogP contribution in [0.15, 0.2) is 30.3 Å². The third kappa shape index (κ3) is 3.94. The molecule has 0 bridgehead atoms. The van der Waals surface area contributed by atoms with Gasteiger partial charge in [0, 0.05) is 12.5 Å². The van der Waals surface area contributed by atoms with E-state index in [0.29, 0.717) is 12.8 Å². The second kappa shape index (κ2) is 8.24. The smallest absolute Gasteiger partial charge is 0.245 e. The van der Waals surface area contributed by atoms with Crippen molar-refractivity contribution in [1.29, 1.82) is 0 Å². The first kappa shape index (κ1) is 18.9. The van der Waals surface area contributed by atoms with Gasteiger partial charge < -0.3 is 10.2 Å². The highest BCUT2D eigenvalue weighted by atomic mass is 16.2. The van der Waals surface area contributed by atoms with Gasteiger partial charge >= 0.3 is 0 Å². The average molecular weight is 357 g/mol. The van der Waals surface area contributed by atoms with E-state index >= 15 is 0 Å². The van der Waals surface area contributed by atoms with Gasteiger partial charge in [0.05, 0.1) is 6.04 Å². The van der Waals surface area contributed by atoms with Crippen LogP contribution < -0.4 is 5.32 Å². The molecule has 1 N–H and O–H groups in total. The van der Waals surface area contributed by atoms with E-state index in [1.165, 1.54) is 32.1 Å².